The van der Waals surface area contributed by atoms with Crippen LogP contribution in [0.5, 0.6) is 0 Å². The van der Waals surface area contributed by atoms with Gasteiger partial charge in [-0.05, 0) is 66.1 Å². The average molecular weight is 403 g/mol. The average Bonchev–Trinajstić information content (AvgIpc) is 2.39. The van der Waals surface area contributed by atoms with Gasteiger partial charge in [0.05, 0.1) is 15.9 Å². The monoisotopic (exact) mass is 402 g/mol. The smallest absolute Gasteiger partial charge is 0.161 e. The summed E-state index contributed by atoms with van der Waals surface area (Å²) < 4.78 is 6.02. The number of nitrogens with zero attached hydrogens (tertiary/aromatic N) is 2. The van der Waals surface area contributed by atoms with Gasteiger partial charge in [-0.1, -0.05) is 17.7 Å². The van der Waals surface area contributed by atoms with Crippen molar-refractivity contribution < 1.29 is 4.74 Å². The molecule has 0 aliphatic carbocycles. The zero-order valence-electron chi connectivity index (χ0n) is 11.9. The number of hydrogen-bond donors (Lipinski definition) is 0. The van der Waals surface area contributed by atoms with E-state index in [2.05, 4.69) is 65.5 Å². The summed E-state index contributed by atoms with van der Waals surface area (Å²) in [7, 11) is 1.65. The first-order valence-electron chi connectivity index (χ1n) is 6.23. The summed E-state index contributed by atoms with van der Waals surface area (Å²) in [5.74, 6) is 0.656. The maximum Gasteiger partial charge on any atom is 0.161 e. The zero-order valence-corrected chi connectivity index (χ0v) is 14.8. The Morgan fingerprint density at radius 1 is 1.10 bits per heavy atom. The molecule has 0 atom stereocenters. The molecule has 1 heterocycles. The van der Waals surface area contributed by atoms with Crippen LogP contribution in [0.15, 0.2) is 12.1 Å². The highest BCUT2D eigenvalue weighted by molar-refractivity contribution is 14.1. The molecular weight excluding hydrogens is 387 g/mol. The van der Waals surface area contributed by atoms with Crippen LogP contribution in [-0.2, 0) is 11.3 Å². The van der Waals surface area contributed by atoms with Crippen LogP contribution in [0.2, 0.25) is 5.15 Å². The standard InChI is InChI=1S/C15H16ClIN2O/c1-8-5-10(3)11(6-9(8)2)15-18-12(7-20-4)13(17)14(16)19-15/h5-6H,7H2,1-4H3. The molecule has 1 aromatic heterocycles. The van der Waals surface area contributed by atoms with Crippen molar-refractivity contribution in [2.75, 3.05) is 7.11 Å². The topological polar surface area (TPSA) is 35.0 Å². The largest absolute Gasteiger partial charge is 0.378 e. The second-order valence-corrected chi connectivity index (χ2v) is 6.22. The van der Waals surface area contributed by atoms with Crippen molar-refractivity contribution in [2.45, 2.75) is 27.4 Å². The van der Waals surface area contributed by atoms with Crippen LogP contribution < -0.4 is 0 Å². The van der Waals surface area contributed by atoms with Gasteiger partial charge in [-0.15, -0.1) is 0 Å². The van der Waals surface area contributed by atoms with Crippen LogP contribution in [0.1, 0.15) is 22.4 Å². The lowest BCUT2D eigenvalue weighted by molar-refractivity contribution is 0.181. The van der Waals surface area contributed by atoms with Crippen molar-refractivity contribution in [1.29, 1.82) is 0 Å². The molecule has 0 saturated heterocycles. The van der Waals surface area contributed by atoms with E-state index in [1.54, 1.807) is 7.11 Å². The van der Waals surface area contributed by atoms with Crippen molar-refractivity contribution in [1.82, 2.24) is 9.97 Å². The summed E-state index contributed by atoms with van der Waals surface area (Å²) in [6, 6.07) is 4.26. The van der Waals surface area contributed by atoms with Crippen molar-refractivity contribution in [3.8, 4) is 11.4 Å². The van der Waals surface area contributed by atoms with Gasteiger partial charge in [-0.3, -0.25) is 0 Å². The van der Waals surface area contributed by atoms with Gasteiger partial charge in [0.2, 0.25) is 0 Å². The van der Waals surface area contributed by atoms with Gasteiger partial charge in [0.25, 0.3) is 0 Å². The van der Waals surface area contributed by atoms with Crippen LogP contribution in [0.3, 0.4) is 0 Å². The van der Waals surface area contributed by atoms with Gasteiger partial charge in [-0.2, -0.15) is 0 Å². The molecule has 0 aliphatic rings. The molecule has 1 aromatic carbocycles. The molecule has 2 aromatic rings. The van der Waals surface area contributed by atoms with Crippen LogP contribution in [0.4, 0.5) is 0 Å². The molecule has 0 aliphatic heterocycles. The molecule has 0 spiro atoms. The lowest BCUT2D eigenvalue weighted by Crippen LogP contribution is -2.03. The summed E-state index contributed by atoms with van der Waals surface area (Å²) in [5.41, 5.74) is 5.47. The first-order valence-corrected chi connectivity index (χ1v) is 7.68. The number of rotatable bonds is 3. The number of ether oxygens (including phenoxy) is 1. The van der Waals surface area contributed by atoms with E-state index < -0.39 is 0 Å². The van der Waals surface area contributed by atoms with Crippen molar-refractivity contribution >= 4 is 34.2 Å². The van der Waals surface area contributed by atoms with Crippen molar-refractivity contribution in [3.05, 3.63) is 43.2 Å². The van der Waals surface area contributed by atoms with Gasteiger partial charge >= 0.3 is 0 Å². The molecule has 0 saturated carbocycles. The lowest BCUT2D eigenvalue weighted by Gasteiger charge is -2.11. The van der Waals surface area contributed by atoms with E-state index in [9.17, 15) is 0 Å². The molecule has 0 unspecified atom stereocenters. The highest BCUT2D eigenvalue weighted by atomic mass is 127. The predicted molar refractivity (Wildman–Crippen MR) is 90.1 cm³/mol. The molecular formula is C15H16ClIN2O. The number of methoxy groups -OCH3 is 1. The third kappa shape index (κ3) is 3.13. The molecule has 0 bridgehead atoms. The van der Waals surface area contributed by atoms with Gasteiger partial charge in [0.15, 0.2) is 5.82 Å². The summed E-state index contributed by atoms with van der Waals surface area (Å²) in [6.45, 7) is 6.68. The fraction of sp³-hybridized carbons (Fsp3) is 0.333. The van der Waals surface area contributed by atoms with E-state index in [4.69, 9.17) is 16.3 Å². The maximum atomic E-state index is 6.21. The Kier molecular flexibility index (Phi) is 4.99. The third-order valence-electron chi connectivity index (χ3n) is 3.24. The van der Waals surface area contributed by atoms with E-state index in [0.717, 1.165) is 20.4 Å². The Labute approximate surface area is 137 Å². The van der Waals surface area contributed by atoms with Crippen molar-refractivity contribution in [3.63, 3.8) is 0 Å². The van der Waals surface area contributed by atoms with Crippen LogP contribution in [0, 0.1) is 24.3 Å². The van der Waals surface area contributed by atoms with Gasteiger partial charge < -0.3 is 4.74 Å². The SMILES string of the molecule is COCc1nc(-c2cc(C)c(C)cc2C)nc(Cl)c1I. The van der Waals surface area contributed by atoms with E-state index in [1.165, 1.54) is 11.1 Å². The Hall–Kier alpha value is -0.720. The first-order chi connectivity index (χ1) is 9.43. The highest BCUT2D eigenvalue weighted by Gasteiger charge is 2.14. The van der Waals surface area contributed by atoms with Crippen LogP contribution in [-0.4, -0.2) is 17.1 Å². The first kappa shape index (κ1) is 15.7. The van der Waals surface area contributed by atoms with Gasteiger partial charge in [-0.25, -0.2) is 9.97 Å². The number of aromatic nitrogens is 2. The summed E-state index contributed by atoms with van der Waals surface area (Å²) in [6.07, 6.45) is 0. The molecule has 0 fully saturated rings. The molecule has 20 heavy (non-hydrogen) atoms. The molecule has 2 rings (SSSR count). The zero-order chi connectivity index (χ0) is 14.9. The summed E-state index contributed by atoms with van der Waals surface area (Å²) in [4.78, 5) is 9.01. The number of benzene rings is 1. The molecule has 0 radical (unpaired) electrons. The Balaban J connectivity index is 2.61. The Morgan fingerprint density at radius 3 is 2.40 bits per heavy atom. The lowest BCUT2D eigenvalue weighted by atomic mass is 10.0. The third-order valence-corrected chi connectivity index (χ3v) is 4.97. The van der Waals surface area contributed by atoms with Crippen LogP contribution in [0.25, 0.3) is 11.4 Å². The Morgan fingerprint density at radius 2 is 1.75 bits per heavy atom. The van der Waals surface area contributed by atoms with Crippen molar-refractivity contribution in [2.24, 2.45) is 0 Å². The molecule has 3 nitrogen and oxygen atoms in total. The summed E-state index contributed by atoms with van der Waals surface area (Å²) >= 11 is 8.36. The molecule has 5 heteroatoms. The van der Waals surface area contributed by atoms with Gasteiger partial charge in [0, 0.05) is 12.7 Å². The minimum absolute atomic E-state index is 0.428. The van der Waals surface area contributed by atoms with Crippen LogP contribution >= 0.6 is 34.2 Å². The maximum absolute atomic E-state index is 6.21. The second kappa shape index (κ2) is 6.37. The minimum Gasteiger partial charge on any atom is -0.378 e. The molecule has 0 amide bonds. The minimum atomic E-state index is 0.428. The number of hydrogen-bond acceptors (Lipinski definition) is 3. The quantitative estimate of drug-likeness (QED) is 0.561. The predicted octanol–water partition coefficient (Wildman–Crippen LogP) is 4.47. The van der Waals surface area contributed by atoms with Gasteiger partial charge in [0.1, 0.15) is 5.15 Å². The molecule has 0 N–H and O–H groups in total. The number of aryl methyl sites for hydroxylation is 3. The van der Waals surface area contributed by atoms with E-state index >= 15 is 0 Å². The number of halogens is 2. The second-order valence-electron chi connectivity index (χ2n) is 4.78. The van der Waals surface area contributed by atoms with E-state index in [-0.39, 0.29) is 0 Å². The van der Waals surface area contributed by atoms with E-state index in [0.29, 0.717) is 17.6 Å². The fourth-order valence-corrected chi connectivity index (χ4v) is 2.60. The van der Waals surface area contributed by atoms with E-state index in [1.807, 2.05) is 0 Å². The highest BCUT2D eigenvalue weighted by Crippen LogP contribution is 2.28. The summed E-state index contributed by atoms with van der Waals surface area (Å²) in [5, 5.41) is 0.472. The molecule has 106 valence electrons. The fourth-order valence-electron chi connectivity index (χ4n) is 2.02. The normalized spacial score (nSPS) is 10.9. The Bertz CT molecular complexity index is 659.